The lowest BCUT2D eigenvalue weighted by Crippen LogP contribution is -2.49. The molecular weight excluding hydrogens is 315 g/mol. The Morgan fingerprint density at radius 1 is 1.30 bits per heavy atom. The lowest BCUT2D eigenvalue weighted by atomic mass is 9.92. The smallest absolute Gasteiger partial charge is 0.123 e. The van der Waals surface area contributed by atoms with Crippen LogP contribution in [0.2, 0.25) is 5.02 Å². The molecule has 2 atom stereocenters. The summed E-state index contributed by atoms with van der Waals surface area (Å²) in [5, 5.41) is 11.0. The Balaban J connectivity index is 1.75. The van der Waals surface area contributed by atoms with E-state index in [9.17, 15) is 9.50 Å². The summed E-state index contributed by atoms with van der Waals surface area (Å²) in [4.78, 5) is 6.57. The second-order valence-corrected chi connectivity index (χ2v) is 6.49. The van der Waals surface area contributed by atoms with Crippen molar-refractivity contribution in [2.75, 3.05) is 6.54 Å². The zero-order valence-corrected chi connectivity index (χ0v) is 13.6. The van der Waals surface area contributed by atoms with Crippen LogP contribution >= 0.6 is 11.6 Å². The quantitative estimate of drug-likeness (QED) is 0.930. The van der Waals surface area contributed by atoms with Gasteiger partial charge in [-0.25, -0.2) is 4.39 Å². The summed E-state index contributed by atoms with van der Waals surface area (Å²) in [6.45, 7) is 1.57. The molecule has 1 saturated heterocycles. The minimum atomic E-state index is -0.403. The van der Waals surface area contributed by atoms with E-state index < -0.39 is 6.10 Å². The maximum atomic E-state index is 13.4. The van der Waals surface area contributed by atoms with Crippen molar-refractivity contribution >= 4 is 11.6 Å². The van der Waals surface area contributed by atoms with Crippen LogP contribution in [0.25, 0.3) is 0 Å². The SMILES string of the molecule is O[C@H]1CCCN(Cc2ccc(Cl)cn2)[C@H]1Cc1cccc(F)c1. The summed E-state index contributed by atoms with van der Waals surface area (Å²) < 4.78 is 13.4. The fourth-order valence-electron chi connectivity index (χ4n) is 3.18. The third kappa shape index (κ3) is 4.28. The number of piperidine rings is 1. The van der Waals surface area contributed by atoms with E-state index in [4.69, 9.17) is 11.6 Å². The summed E-state index contributed by atoms with van der Waals surface area (Å²) >= 11 is 5.88. The average Bonchev–Trinajstić information content (AvgIpc) is 2.53. The maximum Gasteiger partial charge on any atom is 0.123 e. The van der Waals surface area contributed by atoms with E-state index in [0.717, 1.165) is 30.6 Å². The Labute approximate surface area is 140 Å². The van der Waals surface area contributed by atoms with E-state index in [1.165, 1.54) is 6.07 Å². The van der Waals surface area contributed by atoms with Gasteiger partial charge in [-0.3, -0.25) is 9.88 Å². The predicted molar refractivity (Wildman–Crippen MR) is 88.8 cm³/mol. The van der Waals surface area contributed by atoms with E-state index in [1.54, 1.807) is 18.3 Å². The van der Waals surface area contributed by atoms with Gasteiger partial charge in [-0.15, -0.1) is 0 Å². The van der Waals surface area contributed by atoms with Crippen molar-refractivity contribution in [2.45, 2.75) is 38.0 Å². The molecule has 0 unspecified atom stereocenters. The van der Waals surface area contributed by atoms with Crippen molar-refractivity contribution in [1.29, 1.82) is 0 Å². The molecule has 3 rings (SSSR count). The molecule has 1 aliphatic rings. The van der Waals surface area contributed by atoms with Crippen LogP contribution in [0.1, 0.15) is 24.1 Å². The molecule has 122 valence electrons. The van der Waals surface area contributed by atoms with Crippen molar-refractivity contribution < 1.29 is 9.50 Å². The molecule has 1 aliphatic heterocycles. The van der Waals surface area contributed by atoms with Crippen LogP contribution in [0.5, 0.6) is 0 Å². The van der Waals surface area contributed by atoms with E-state index >= 15 is 0 Å². The van der Waals surface area contributed by atoms with Gasteiger partial charge in [0, 0.05) is 18.8 Å². The first-order valence-corrected chi connectivity index (χ1v) is 8.26. The average molecular weight is 335 g/mol. The summed E-state index contributed by atoms with van der Waals surface area (Å²) in [6.07, 6.45) is 3.60. The van der Waals surface area contributed by atoms with Crippen molar-refractivity contribution in [2.24, 2.45) is 0 Å². The number of aliphatic hydroxyl groups is 1. The summed E-state index contributed by atoms with van der Waals surface area (Å²) in [5.74, 6) is -0.237. The molecule has 5 heteroatoms. The number of likely N-dealkylation sites (tertiary alicyclic amines) is 1. The molecule has 0 bridgehead atoms. The molecular formula is C18H20ClFN2O. The predicted octanol–water partition coefficient (Wildman–Crippen LogP) is 3.44. The molecule has 0 spiro atoms. The molecule has 2 aromatic rings. The molecule has 1 fully saturated rings. The van der Waals surface area contributed by atoms with E-state index in [-0.39, 0.29) is 11.9 Å². The standard InChI is InChI=1S/C18H20ClFN2O/c19-14-6-7-16(21-11-14)12-22-8-2-5-18(23)17(22)10-13-3-1-4-15(20)9-13/h1,3-4,6-7,9,11,17-18,23H,2,5,8,10,12H2/t17-,18-/m0/s1. The second kappa shape index (κ2) is 7.39. The van der Waals surface area contributed by atoms with Crippen LogP contribution in [0.4, 0.5) is 4.39 Å². The highest BCUT2D eigenvalue weighted by molar-refractivity contribution is 6.30. The van der Waals surface area contributed by atoms with Gasteiger partial charge < -0.3 is 5.11 Å². The normalized spacial score (nSPS) is 22.2. The largest absolute Gasteiger partial charge is 0.391 e. The van der Waals surface area contributed by atoms with Gasteiger partial charge in [-0.2, -0.15) is 0 Å². The summed E-state index contributed by atoms with van der Waals surface area (Å²) in [7, 11) is 0. The van der Waals surface area contributed by atoms with Gasteiger partial charge >= 0.3 is 0 Å². The molecule has 1 aromatic heterocycles. The topological polar surface area (TPSA) is 36.4 Å². The highest BCUT2D eigenvalue weighted by atomic mass is 35.5. The van der Waals surface area contributed by atoms with Gasteiger partial charge in [-0.05, 0) is 55.6 Å². The highest BCUT2D eigenvalue weighted by Gasteiger charge is 2.30. The van der Waals surface area contributed by atoms with Gasteiger partial charge in [0.15, 0.2) is 0 Å². The van der Waals surface area contributed by atoms with E-state index in [1.807, 2.05) is 18.2 Å². The lowest BCUT2D eigenvalue weighted by molar-refractivity contribution is 0.00612. The van der Waals surface area contributed by atoms with Crippen LogP contribution in [-0.4, -0.2) is 33.7 Å². The Bertz CT molecular complexity index is 650. The van der Waals surface area contributed by atoms with Gasteiger partial charge in [0.25, 0.3) is 0 Å². The first-order valence-electron chi connectivity index (χ1n) is 7.89. The molecule has 0 saturated carbocycles. The zero-order chi connectivity index (χ0) is 16.2. The Morgan fingerprint density at radius 3 is 2.91 bits per heavy atom. The van der Waals surface area contributed by atoms with Crippen LogP contribution < -0.4 is 0 Å². The fraction of sp³-hybridized carbons (Fsp3) is 0.389. The molecule has 23 heavy (non-hydrogen) atoms. The first kappa shape index (κ1) is 16.4. The van der Waals surface area contributed by atoms with Crippen molar-refractivity contribution in [3.8, 4) is 0 Å². The first-order chi connectivity index (χ1) is 11.1. The van der Waals surface area contributed by atoms with E-state index in [0.29, 0.717) is 18.0 Å². The third-order valence-corrected chi connectivity index (χ3v) is 4.57. The van der Waals surface area contributed by atoms with Gasteiger partial charge in [0.2, 0.25) is 0 Å². The number of halogens is 2. The number of pyridine rings is 1. The number of benzene rings is 1. The minimum absolute atomic E-state index is 0.0250. The molecule has 0 radical (unpaired) electrons. The zero-order valence-electron chi connectivity index (χ0n) is 12.8. The number of nitrogens with zero attached hydrogens (tertiary/aromatic N) is 2. The molecule has 1 N–H and O–H groups in total. The Morgan fingerprint density at radius 2 is 2.17 bits per heavy atom. The van der Waals surface area contributed by atoms with Gasteiger partial charge in [0.1, 0.15) is 5.82 Å². The Hall–Kier alpha value is -1.49. The number of hydrogen-bond acceptors (Lipinski definition) is 3. The van der Waals surface area contributed by atoms with Gasteiger partial charge in [0.05, 0.1) is 16.8 Å². The highest BCUT2D eigenvalue weighted by Crippen LogP contribution is 2.23. The summed E-state index contributed by atoms with van der Waals surface area (Å²) in [6, 6.07) is 10.3. The molecule has 3 nitrogen and oxygen atoms in total. The van der Waals surface area contributed by atoms with Crippen LogP contribution in [0, 0.1) is 5.82 Å². The molecule has 1 aromatic carbocycles. The fourth-order valence-corrected chi connectivity index (χ4v) is 3.29. The molecule has 0 amide bonds. The Kier molecular flexibility index (Phi) is 5.26. The number of aromatic nitrogens is 1. The van der Waals surface area contributed by atoms with Crippen LogP contribution in [-0.2, 0) is 13.0 Å². The second-order valence-electron chi connectivity index (χ2n) is 6.05. The van der Waals surface area contributed by atoms with Crippen molar-refractivity contribution in [3.63, 3.8) is 0 Å². The molecule has 2 heterocycles. The summed E-state index contributed by atoms with van der Waals surface area (Å²) in [5.41, 5.74) is 1.83. The maximum absolute atomic E-state index is 13.4. The van der Waals surface area contributed by atoms with Gasteiger partial charge in [-0.1, -0.05) is 23.7 Å². The molecule has 0 aliphatic carbocycles. The minimum Gasteiger partial charge on any atom is -0.391 e. The number of hydrogen-bond donors (Lipinski definition) is 1. The van der Waals surface area contributed by atoms with Crippen molar-refractivity contribution in [3.05, 3.63) is 64.7 Å². The van der Waals surface area contributed by atoms with Crippen LogP contribution in [0.15, 0.2) is 42.6 Å². The van der Waals surface area contributed by atoms with Crippen molar-refractivity contribution in [1.82, 2.24) is 9.88 Å². The third-order valence-electron chi connectivity index (χ3n) is 4.35. The van der Waals surface area contributed by atoms with Crippen LogP contribution in [0.3, 0.4) is 0 Å². The van der Waals surface area contributed by atoms with E-state index in [2.05, 4.69) is 9.88 Å². The lowest BCUT2D eigenvalue weighted by Gasteiger charge is -2.39. The number of rotatable bonds is 4. The number of aliphatic hydroxyl groups excluding tert-OH is 1. The monoisotopic (exact) mass is 334 g/mol.